The molecule has 2 nitrogen and oxygen atoms in total. The van der Waals surface area contributed by atoms with Crippen LogP contribution in [0.25, 0.3) is 0 Å². The first kappa shape index (κ1) is 14.2. The summed E-state index contributed by atoms with van der Waals surface area (Å²) in [5, 5.41) is 3.43. The molecule has 0 saturated carbocycles. The SMILES string of the molecule is COCCNC(C)c1ccc(C(C)(C)C)cc1. The molecule has 0 aliphatic carbocycles. The average Bonchev–Trinajstić information content (AvgIpc) is 2.28. The Morgan fingerprint density at radius 3 is 2.24 bits per heavy atom. The molecule has 0 amide bonds. The molecule has 1 rings (SSSR count). The van der Waals surface area contributed by atoms with Crippen molar-refractivity contribution in [1.29, 1.82) is 0 Å². The Morgan fingerprint density at radius 2 is 1.76 bits per heavy atom. The van der Waals surface area contributed by atoms with E-state index in [1.807, 2.05) is 0 Å². The van der Waals surface area contributed by atoms with E-state index in [1.165, 1.54) is 11.1 Å². The molecule has 96 valence electrons. The third-order valence-corrected chi connectivity index (χ3v) is 3.03. The molecule has 0 spiro atoms. The number of rotatable bonds is 5. The number of methoxy groups -OCH3 is 1. The van der Waals surface area contributed by atoms with Crippen molar-refractivity contribution in [2.75, 3.05) is 20.3 Å². The molecule has 0 saturated heterocycles. The number of nitrogens with one attached hydrogen (secondary N) is 1. The summed E-state index contributed by atoms with van der Waals surface area (Å²) in [4.78, 5) is 0. The zero-order chi connectivity index (χ0) is 12.9. The number of benzene rings is 1. The van der Waals surface area contributed by atoms with Crippen molar-refractivity contribution in [3.8, 4) is 0 Å². The van der Waals surface area contributed by atoms with Gasteiger partial charge in [0, 0.05) is 19.7 Å². The fourth-order valence-corrected chi connectivity index (χ4v) is 1.77. The summed E-state index contributed by atoms with van der Waals surface area (Å²) in [6, 6.07) is 9.25. The van der Waals surface area contributed by atoms with Crippen LogP contribution in [0.3, 0.4) is 0 Å². The van der Waals surface area contributed by atoms with Crippen molar-refractivity contribution in [3.05, 3.63) is 35.4 Å². The van der Waals surface area contributed by atoms with Gasteiger partial charge < -0.3 is 10.1 Å². The normalized spacial score (nSPS) is 13.7. The van der Waals surface area contributed by atoms with Crippen molar-refractivity contribution < 1.29 is 4.74 Å². The van der Waals surface area contributed by atoms with E-state index in [9.17, 15) is 0 Å². The first-order valence-corrected chi connectivity index (χ1v) is 6.28. The van der Waals surface area contributed by atoms with Crippen LogP contribution in [0.2, 0.25) is 0 Å². The lowest BCUT2D eigenvalue weighted by molar-refractivity contribution is 0.196. The van der Waals surface area contributed by atoms with E-state index in [0.29, 0.717) is 6.04 Å². The summed E-state index contributed by atoms with van der Waals surface area (Å²) in [7, 11) is 1.73. The average molecular weight is 235 g/mol. The first-order valence-electron chi connectivity index (χ1n) is 6.28. The van der Waals surface area contributed by atoms with Crippen molar-refractivity contribution in [2.45, 2.75) is 39.2 Å². The minimum absolute atomic E-state index is 0.227. The zero-order valence-electron chi connectivity index (χ0n) is 11.7. The third-order valence-electron chi connectivity index (χ3n) is 3.03. The van der Waals surface area contributed by atoms with Crippen LogP contribution in [0.5, 0.6) is 0 Å². The van der Waals surface area contributed by atoms with Crippen molar-refractivity contribution >= 4 is 0 Å². The molecule has 0 aliphatic heterocycles. The summed E-state index contributed by atoms with van der Waals surface area (Å²) in [5.41, 5.74) is 2.94. The monoisotopic (exact) mass is 235 g/mol. The van der Waals surface area contributed by atoms with Gasteiger partial charge in [-0.1, -0.05) is 45.0 Å². The van der Waals surface area contributed by atoms with Crippen molar-refractivity contribution in [2.24, 2.45) is 0 Å². The molecule has 2 heteroatoms. The van der Waals surface area contributed by atoms with Crippen molar-refractivity contribution in [1.82, 2.24) is 5.32 Å². The summed E-state index contributed by atoms with van der Waals surface area (Å²) in [6.07, 6.45) is 0. The van der Waals surface area contributed by atoms with Crippen LogP contribution in [0, 0.1) is 0 Å². The number of hydrogen-bond acceptors (Lipinski definition) is 2. The quantitative estimate of drug-likeness (QED) is 0.791. The molecule has 1 aromatic carbocycles. The second kappa shape index (κ2) is 6.18. The van der Waals surface area contributed by atoms with Crippen LogP contribution in [0.15, 0.2) is 24.3 Å². The number of ether oxygens (including phenoxy) is 1. The smallest absolute Gasteiger partial charge is 0.0587 e. The molecule has 0 fully saturated rings. The summed E-state index contributed by atoms with van der Waals surface area (Å²) >= 11 is 0. The third kappa shape index (κ3) is 4.49. The van der Waals surface area contributed by atoms with Crippen LogP contribution in [-0.4, -0.2) is 20.3 Å². The van der Waals surface area contributed by atoms with E-state index in [-0.39, 0.29) is 5.41 Å². The fourth-order valence-electron chi connectivity index (χ4n) is 1.77. The van der Waals surface area contributed by atoms with Crippen molar-refractivity contribution in [3.63, 3.8) is 0 Å². The standard InChI is InChI=1S/C15H25NO/c1-12(16-10-11-17-5)13-6-8-14(9-7-13)15(2,3)4/h6-9,12,16H,10-11H2,1-5H3. The molecule has 1 unspecified atom stereocenters. The van der Waals surface area contributed by atoms with Gasteiger partial charge in [-0.05, 0) is 23.5 Å². The Balaban J connectivity index is 2.61. The lowest BCUT2D eigenvalue weighted by Gasteiger charge is -2.20. The molecular formula is C15H25NO. The van der Waals surface area contributed by atoms with E-state index in [1.54, 1.807) is 7.11 Å². The molecule has 0 aromatic heterocycles. The highest BCUT2D eigenvalue weighted by Gasteiger charge is 2.13. The molecule has 0 bridgehead atoms. The second-order valence-corrected chi connectivity index (χ2v) is 5.54. The van der Waals surface area contributed by atoms with Gasteiger partial charge >= 0.3 is 0 Å². The van der Waals surface area contributed by atoms with Crippen LogP contribution in [-0.2, 0) is 10.2 Å². The van der Waals surface area contributed by atoms with Gasteiger partial charge in [0.2, 0.25) is 0 Å². The summed E-state index contributed by atoms with van der Waals surface area (Å²) in [6.45, 7) is 10.5. The van der Waals surface area contributed by atoms with E-state index in [4.69, 9.17) is 4.74 Å². The maximum absolute atomic E-state index is 5.03. The highest BCUT2D eigenvalue weighted by Crippen LogP contribution is 2.23. The maximum atomic E-state index is 5.03. The van der Waals surface area contributed by atoms with Gasteiger partial charge in [0.1, 0.15) is 0 Å². The van der Waals surface area contributed by atoms with Gasteiger partial charge in [-0.25, -0.2) is 0 Å². The summed E-state index contributed by atoms with van der Waals surface area (Å²) < 4.78 is 5.03. The van der Waals surface area contributed by atoms with Gasteiger partial charge in [0.05, 0.1) is 6.61 Å². The number of hydrogen-bond donors (Lipinski definition) is 1. The van der Waals surface area contributed by atoms with Crippen LogP contribution in [0.1, 0.15) is 44.9 Å². The Hall–Kier alpha value is -0.860. The molecule has 0 heterocycles. The van der Waals surface area contributed by atoms with Crippen LogP contribution < -0.4 is 5.32 Å². The molecule has 1 atom stereocenters. The Labute approximate surface area is 105 Å². The Kier molecular flexibility index (Phi) is 5.16. The highest BCUT2D eigenvalue weighted by molar-refractivity contribution is 5.28. The highest BCUT2D eigenvalue weighted by atomic mass is 16.5. The minimum atomic E-state index is 0.227. The topological polar surface area (TPSA) is 21.3 Å². The van der Waals surface area contributed by atoms with E-state index < -0.39 is 0 Å². The van der Waals surface area contributed by atoms with Crippen LogP contribution in [0.4, 0.5) is 0 Å². The second-order valence-electron chi connectivity index (χ2n) is 5.54. The largest absolute Gasteiger partial charge is 0.383 e. The van der Waals surface area contributed by atoms with Gasteiger partial charge in [0.25, 0.3) is 0 Å². The van der Waals surface area contributed by atoms with Crippen LogP contribution >= 0.6 is 0 Å². The predicted molar refractivity (Wildman–Crippen MR) is 73.4 cm³/mol. The van der Waals surface area contributed by atoms with Gasteiger partial charge in [-0.2, -0.15) is 0 Å². The lowest BCUT2D eigenvalue weighted by Crippen LogP contribution is -2.23. The first-order chi connectivity index (χ1) is 7.95. The Morgan fingerprint density at radius 1 is 1.18 bits per heavy atom. The van der Waals surface area contributed by atoms with Gasteiger partial charge in [0.15, 0.2) is 0 Å². The molecule has 0 aliphatic rings. The summed E-state index contributed by atoms with van der Waals surface area (Å²) in [5.74, 6) is 0. The molecule has 1 aromatic rings. The fraction of sp³-hybridized carbons (Fsp3) is 0.600. The maximum Gasteiger partial charge on any atom is 0.0587 e. The minimum Gasteiger partial charge on any atom is -0.383 e. The molecular weight excluding hydrogens is 210 g/mol. The van der Waals surface area contributed by atoms with Gasteiger partial charge in [-0.3, -0.25) is 0 Å². The van der Waals surface area contributed by atoms with E-state index in [0.717, 1.165) is 13.2 Å². The lowest BCUT2D eigenvalue weighted by atomic mass is 9.86. The zero-order valence-corrected chi connectivity index (χ0v) is 11.7. The predicted octanol–water partition coefficient (Wildman–Crippen LogP) is 3.28. The molecule has 0 radical (unpaired) electrons. The van der Waals surface area contributed by atoms with E-state index in [2.05, 4.69) is 57.3 Å². The molecule has 17 heavy (non-hydrogen) atoms. The van der Waals surface area contributed by atoms with E-state index >= 15 is 0 Å². The molecule has 1 N–H and O–H groups in total. The van der Waals surface area contributed by atoms with Gasteiger partial charge in [-0.15, -0.1) is 0 Å². The Bertz CT molecular complexity index is 324.